The number of nitrogens with one attached hydrogen (secondary N) is 1. The van der Waals surface area contributed by atoms with E-state index in [9.17, 15) is 8.42 Å². The van der Waals surface area contributed by atoms with E-state index in [0.29, 0.717) is 23.6 Å². The van der Waals surface area contributed by atoms with Crippen molar-refractivity contribution in [3.63, 3.8) is 0 Å². The topological polar surface area (TPSA) is 46.2 Å². The summed E-state index contributed by atoms with van der Waals surface area (Å²) in [7, 11) is -2.73. The molecule has 1 aliphatic carbocycles. The highest BCUT2D eigenvalue weighted by atomic mass is 32.2. The van der Waals surface area contributed by atoms with Crippen LogP contribution < -0.4 is 5.32 Å². The van der Waals surface area contributed by atoms with Crippen LogP contribution in [-0.2, 0) is 9.84 Å². The van der Waals surface area contributed by atoms with Crippen molar-refractivity contribution in [2.75, 3.05) is 11.5 Å². The molecule has 0 bridgehead atoms. The molecule has 0 aromatic rings. The van der Waals surface area contributed by atoms with Gasteiger partial charge in [-0.15, -0.1) is 0 Å². The van der Waals surface area contributed by atoms with E-state index in [1.807, 2.05) is 0 Å². The maximum absolute atomic E-state index is 11.4. The largest absolute Gasteiger partial charge is 0.311 e. The quantitative estimate of drug-likeness (QED) is 0.858. The van der Waals surface area contributed by atoms with E-state index in [-0.39, 0.29) is 0 Å². The van der Waals surface area contributed by atoms with Gasteiger partial charge in [0.15, 0.2) is 0 Å². The number of hydrogen-bond donors (Lipinski definition) is 1. The van der Waals surface area contributed by atoms with Gasteiger partial charge in [-0.3, -0.25) is 0 Å². The molecular weight excluding hydrogens is 246 g/mol. The third kappa shape index (κ3) is 3.70. The van der Waals surface area contributed by atoms with E-state index in [2.05, 4.69) is 19.2 Å². The fourth-order valence-corrected chi connectivity index (χ4v) is 5.02. The van der Waals surface area contributed by atoms with Crippen LogP contribution >= 0.6 is 0 Å². The first-order valence-corrected chi connectivity index (χ1v) is 9.26. The molecule has 18 heavy (non-hydrogen) atoms. The summed E-state index contributed by atoms with van der Waals surface area (Å²) in [6, 6.07) is 1.04. The molecule has 2 unspecified atom stereocenters. The highest BCUT2D eigenvalue weighted by molar-refractivity contribution is 7.91. The van der Waals surface area contributed by atoms with Gasteiger partial charge < -0.3 is 5.32 Å². The zero-order valence-electron chi connectivity index (χ0n) is 11.7. The first kappa shape index (κ1) is 14.3. The lowest BCUT2D eigenvalue weighted by atomic mass is 9.77. The summed E-state index contributed by atoms with van der Waals surface area (Å²) in [4.78, 5) is 0. The summed E-state index contributed by atoms with van der Waals surface area (Å²) in [6.45, 7) is 4.63. The van der Waals surface area contributed by atoms with E-state index in [1.54, 1.807) is 0 Å². The van der Waals surface area contributed by atoms with E-state index in [4.69, 9.17) is 0 Å². The third-order valence-electron chi connectivity index (χ3n) is 4.68. The van der Waals surface area contributed by atoms with E-state index < -0.39 is 9.84 Å². The molecule has 4 heteroatoms. The fraction of sp³-hybridized carbons (Fsp3) is 1.00. The van der Waals surface area contributed by atoms with Crippen molar-refractivity contribution < 1.29 is 8.42 Å². The zero-order valence-corrected chi connectivity index (χ0v) is 12.5. The molecule has 1 saturated carbocycles. The van der Waals surface area contributed by atoms with Crippen LogP contribution in [0, 0.1) is 11.8 Å². The number of sulfone groups is 1. The lowest BCUT2D eigenvalue weighted by Gasteiger charge is -2.38. The Morgan fingerprint density at radius 1 is 1.00 bits per heavy atom. The summed E-state index contributed by atoms with van der Waals surface area (Å²) < 4.78 is 22.9. The van der Waals surface area contributed by atoms with Crippen molar-refractivity contribution in [2.24, 2.45) is 11.8 Å². The van der Waals surface area contributed by atoms with Crippen LogP contribution in [0.5, 0.6) is 0 Å². The van der Waals surface area contributed by atoms with Crippen LogP contribution in [0.1, 0.15) is 52.4 Å². The van der Waals surface area contributed by atoms with Crippen molar-refractivity contribution in [3.05, 3.63) is 0 Å². The molecule has 0 amide bonds. The van der Waals surface area contributed by atoms with Crippen molar-refractivity contribution in [2.45, 2.75) is 64.5 Å². The van der Waals surface area contributed by atoms with Gasteiger partial charge in [0, 0.05) is 12.1 Å². The minimum atomic E-state index is -2.73. The molecule has 2 atom stereocenters. The Labute approximate surface area is 112 Å². The van der Waals surface area contributed by atoms with Crippen LogP contribution in [0.25, 0.3) is 0 Å². The Balaban J connectivity index is 1.88. The van der Waals surface area contributed by atoms with Gasteiger partial charge in [-0.2, -0.15) is 0 Å². The second-order valence-corrected chi connectivity index (χ2v) is 8.70. The van der Waals surface area contributed by atoms with Gasteiger partial charge in [0.25, 0.3) is 0 Å². The minimum Gasteiger partial charge on any atom is -0.311 e. The lowest BCUT2D eigenvalue weighted by Crippen LogP contribution is -2.48. The maximum Gasteiger partial charge on any atom is 0.150 e. The molecule has 0 aromatic heterocycles. The molecule has 1 saturated heterocycles. The van der Waals surface area contributed by atoms with Crippen LogP contribution in [0.4, 0.5) is 0 Å². The number of rotatable bonds is 3. The second kappa shape index (κ2) is 5.91. The van der Waals surface area contributed by atoms with Gasteiger partial charge in [-0.1, -0.05) is 26.7 Å². The van der Waals surface area contributed by atoms with Gasteiger partial charge in [0.2, 0.25) is 0 Å². The summed E-state index contributed by atoms with van der Waals surface area (Å²) >= 11 is 0. The SMILES string of the molecule is CC(C)C1CCCCC1NC1CCS(=O)(=O)CC1. The smallest absolute Gasteiger partial charge is 0.150 e. The van der Waals surface area contributed by atoms with Crippen LogP contribution in [0.15, 0.2) is 0 Å². The molecule has 3 nitrogen and oxygen atoms in total. The zero-order chi connectivity index (χ0) is 13.2. The van der Waals surface area contributed by atoms with Crippen molar-refractivity contribution in [3.8, 4) is 0 Å². The first-order chi connectivity index (χ1) is 8.48. The van der Waals surface area contributed by atoms with Gasteiger partial charge in [0.05, 0.1) is 11.5 Å². The second-order valence-electron chi connectivity index (χ2n) is 6.39. The monoisotopic (exact) mass is 273 g/mol. The van der Waals surface area contributed by atoms with Crippen molar-refractivity contribution >= 4 is 9.84 Å². The summed E-state index contributed by atoms with van der Waals surface area (Å²) in [5, 5.41) is 3.76. The highest BCUT2D eigenvalue weighted by Crippen LogP contribution is 2.31. The molecule has 1 heterocycles. The Morgan fingerprint density at radius 3 is 2.22 bits per heavy atom. The van der Waals surface area contributed by atoms with Crippen LogP contribution in [0.3, 0.4) is 0 Å². The molecule has 2 aliphatic rings. The fourth-order valence-electron chi connectivity index (χ4n) is 3.52. The molecule has 0 spiro atoms. The molecule has 2 rings (SSSR count). The summed E-state index contributed by atoms with van der Waals surface area (Å²) in [5.74, 6) is 2.26. The van der Waals surface area contributed by atoms with E-state index in [1.165, 1.54) is 25.7 Å². The van der Waals surface area contributed by atoms with Crippen molar-refractivity contribution in [1.29, 1.82) is 0 Å². The molecule has 0 radical (unpaired) electrons. The van der Waals surface area contributed by atoms with E-state index in [0.717, 1.165) is 24.7 Å². The maximum atomic E-state index is 11.4. The lowest BCUT2D eigenvalue weighted by molar-refractivity contribution is 0.188. The Kier molecular flexibility index (Phi) is 4.70. The van der Waals surface area contributed by atoms with Gasteiger partial charge in [-0.05, 0) is 37.5 Å². The summed E-state index contributed by atoms with van der Waals surface area (Å²) in [5.41, 5.74) is 0. The summed E-state index contributed by atoms with van der Waals surface area (Å²) in [6.07, 6.45) is 6.91. The predicted octanol–water partition coefficient (Wildman–Crippen LogP) is 2.37. The van der Waals surface area contributed by atoms with Gasteiger partial charge in [0.1, 0.15) is 9.84 Å². The molecule has 0 aromatic carbocycles. The average Bonchev–Trinajstić information content (AvgIpc) is 2.32. The van der Waals surface area contributed by atoms with Gasteiger partial charge >= 0.3 is 0 Å². The Hall–Kier alpha value is -0.0900. The highest BCUT2D eigenvalue weighted by Gasteiger charge is 2.31. The van der Waals surface area contributed by atoms with Crippen LogP contribution in [0.2, 0.25) is 0 Å². The minimum absolute atomic E-state index is 0.379. The normalized spacial score (nSPS) is 33.7. The Morgan fingerprint density at radius 2 is 1.61 bits per heavy atom. The number of hydrogen-bond acceptors (Lipinski definition) is 3. The predicted molar refractivity (Wildman–Crippen MR) is 75.4 cm³/mol. The van der Waals surface area contributed by atoms with E-state index >= 15 is 0 Å². The third-order valence-corrected chi connectivity index (χ3v) is 6.40. The average molecular weight is 273 g/mol. The molecule has 1 N–H and O–H groups in total. The molecule has 1 aliphatic heterocycles. The molecule has 106 valence electrons. The molecule has 2 fully saturated rings. The standard InChI is InChI=1S/C14H27NO2S/c1-11(2)13-5-3-4-6-14(13)15-12-7-9-18(16,17)10-8-12/h11-15H,3-10H2,1-2H3. The Bertz CT molecular complexity index is 350. The first-order valence-electron chi connectivity index (χ1n) is 7.44. The van der Waals surface area contributed by atoms with Crippen LogP contribution in [-0.4, -0.2) is 32.0 Å². The molecular formula is C14H27NO2S. The van der Waals surface area contributed by atoms with Gasteiger partial charge in [-0.25, -0.2) is 8.42 Å². The van der Waals surface area contributed by atoms with Crippen molar-refractivity contribution in [1.82, 2.24) is 5.32 Å².